The fourth-order valence-corrected chi connectivity index (χ4v) is 3.23. The van der Waals surface area contributed by atoms with Crippen LogP contribution in [0.25, 0.3) is 5.69 Å². The number of carbonyl (C=O) groups excluding carboxylic acids is 1. The van der Waals surface area contributed by atoms with Gasteiger partial charge in [0.1, 0.15) is 0 Å². The molecule has 0 fully saturated rings. The molecule has 27 heavy (non-hydrogen) atoms. The van der Waals surface area contributed by atoms with Crippen LogP contribution >= 0.6 is 0 Å². The van der Waals surface area contributed by atoms with Gasteiger partial charge in [0, 0.05) is 18.8 Å². The number of fused-ring (bicyclic) bond motifs is 1. The first kappa shape index (κ1) is 17.3. The average Bonchev–Trinajstić information content (AvgIpc) is 3.27. The van der Waals surface area contributed by atoms with Crippen molar-refractivity contribution in [2.24, 2.45) is 0 Å². The second-order valence-corrected chi connectivity index (χ2v) is 7.09. The second kappa shape index (κ2) is 6.89. The highest BCUT2D eigenvalue weighted by Crippen LogP contribution is 2.23. The van der Waals surface area contributed by atoms with Crippen LogP contribution in [0.2, 0.25) is 0 Å². The van der Waals surface area contributed by atoms with E-state index in [0.29, 0.717) is 11.6 Å². The molecule has 0 radical (unpaired) electrons. The maximum absolute atomic E-state index is 12.6. The van der Waals surface area contributed by atoms with Gasteiger partial charge in [-0.05, 0) is 46.9 Å². The van der Waals surface area contributed by atoms with E-state index in [9.17, 15) is 9.90 Å². The van der Waals surface area contributed by atoms with Gasteiger partial charge in [-0.15, -0.1) is 0 Å². The van der Waals surface area contributed by atoms with E-state index in [1.54, 1.807) is 0 Å². The third-order valence-electron chi connectivity index (χ3n) is 4.83. The Kier molecular flexibility index (Phi) is 4.41. The Balaban J connectivity index is 1.54. The molecule has 1 aliphatic heterocycles. The molecule has 3 N–H and O–H groups in total. The van der Waals surface area contributed by atoms with Gasteiger partial charge in [0.05, 0.1) is 11.9 Å². The van der Waals surface area contributed by atoms with Crippen LogP contribution in [0.15, 0.2) is 48.7 Å². The highest BCUT2D eigenvalue weighted by molar-refractivity contribution is 6.04. The van der Waals surface area contributed by atoms with Crippen LogP contribution in [-0.2, 0) is 13.1 Å². The van der Waals surface area contributed by atoms with Crippen molar-refractivity contribution in [1.29, 1.82) is 0 Å². The molecule has 0 spiro atoms. The first-order chi connectivity index (χ1) is 13.0. The largest absolute Gasteiger partial charge is 0.504 e. The van der Waals surface area contributed by atoms with Crippen LogP contribution in [0.5, 0.6) is 5.75 Å². The van der Waals surface area contributed by atoms with E-state index in [-0.39, 0.29) is 11.4 Å². The maximum Gasteiger partial charge on any atom is 0.280 e. The van der Waals surface area contributed by atoms with E-state index >= 15 is 0 Å². The van der Waals surface area contributed by atoms with E-state index in [4.69, 9.17) is 0 Å². The molecule has 4 rings (SSSR count). The lowest BCUT2D eigenvalue weighted by Gasteiger charge is -2.07. The van der Waals surface area contributed by atoms with E-state index in [1.165, 1.54) is 27.6 Å². The van der Waals surface area contributed by atoms with Gasteiger partial charge >= 0.3 is 0 Å². The number of hydrogen-bond acceptors (Lipinski definition) is 4. The van der Waals surface area contributed by atoms with E-state index in [1.807, 2.05) is 42.5 Å². The number of nitrogens with zero attached hydrogens (tertiary/aromatic N) is 2. The zero-order chi connectivity index (χ0) is 19.0. The lowest BCUT2D eigenvalue weighted by Crippen LogP contribution is -2.13. The molecule has 1 aromatic heterocycles. The van der Waals surface area contributed by atoms with Crippen molar-refractivity contribution >= 4 is 11.6 Å². The molecule has 0 unspecified atom stereocenters. The third kappa shape index (κ3) is 3.44. The van der Waals surface area contributed by atoms with Crippen LogP contribution in [0.1, 0.15) is 46.9 Å². The molecule has 1 amide bonds. The van der Waals surface area contributed by atoms with Crippen molar-refractivity contribution in [3.05, 3.63) is 71.0 Å². The predicted molar refractivity (Wildman–Crippen MR) is 104 cm³/mol. The van der Waals surface area contributed by atoms with Gasteiger partial charge in [-0.3, -0.25) is 4.79 Å². The number of rotatable bonds is 4. The number of aromatic nitrogens is 2. The minimum atomic E-state index is -0.434. The van der Waals surface area contributed by atoms with Crippen molar-refractivity contribution in [2.45, 2.75) is 32.9 Å². The second-order valence-electron chi connectivity index (χ2n) is 7.09. The molecular formula is C21H22N4O2. The van der Waals surface area contributed by atoms with Crippen LogP contribution in [0.4, 0.5) is 5.69 Å². The third-order valence-corrected chi connectivity index (χ3v) is 4.83. The molecule has 6 heteroatoms. The minimum absolute atomic E-state index is 0.00144. The van der Waals surface area contributed by atoms with Gasteiger partial charge in [0.25, 0.3) is 5.91 Å². The number of hydrogen-bond donors (Lipinski definition) is 3. The maximum atomic E-state index is 12.6. The van der Waals surface area contributed by atoms with Crippen molar-refractivity contribution in [3.63, 3.8) is 0 Å². The lowest BCUT2D eigenvalue weighted by molar-refractivity contribution is 0.101. The molecule has 6 nitrogen and oxygen atoms in total. The van der Waals surface area contributed by atoms with Crippen molar-refractivity contribution in [2.75, 3.05) is 5.32 Å². The van der Waals surface area contributed by atoms with Crippen molar-refractivity contribution in [1.82, 2.24) is 15.1 Å². The smallest absolute Gasteiger partial charge is 0.280 e. The van der Waals surface area contributed by atoms with E-state index in [0.717, 1.165) is 18.8 Å². The fourth-order valence-electron chi connectivity index (χ4n) is 3.23. The van der Waals surface area contributed by atoms with Crippen molar-refractivity contribution < 1.29 is 9.90 Å². The number of carbonyl (C=O) groups is 1. The molecule has 2 heterocycles. The molecule has 1 aliphatic rings. The first-order valence-electron chi connectivity index (χ1n) is 9.04. The molecule has 138 valence electrons. The molecule has 0 saturated carbocycles. The standard InChI is InChI=1S/C21H22N4O2/c1-13(2)14-4-7-18(8-5-14)25-12-19(26)20(24-25)21(27)23-17-6-3-15-10-22-11-16(15)9-17/h3-9,12-13,22,26H,10-11H2,1-2H3,(H,23,27). The van der Waals surface area contributed by atoms with Crippen LogP contribution < -0.4 is 10.6 Å². The summed E-state index contributed by atoms with van der Waals surface area (Å²) in [5.41, 5.74) is 5.12. The molecular weight excluding hydrogens is 340 g/mol. The molecule has 3 aromatic rings. The van der Waals surface area contributed by atoms with E-state index in [2.05, 4.69) is 29.6 Å². The molecule has 0 atom stereocenters. The summed E-state index contributed by atoms with van der Waals surface area (Å²) in [7, 11) is 0. The summed E-state index contributed by atoms with van der Waals surface area (Å²) in [6.45, 7) is 5.91. The quantitative estimate of drug-likeness (QED) is 0.663. The SMILES string of the molecule is CC(C)c1ccc(-n2cc(O)c(C(=O)Nc3ccc4c(c3)CNC4)n2)cc1. The molecule has 0 aliphatic carbocycles. The minimum Gasteiger partial charge on any atom is -0.504 e. The number of amides is 1. The van der Waals surface area contributed by atoms with Gasteiger partial charge in [-0.25, -0.2) is 4.68 Å². The Hall–Kier alpha value is -3.12. The van der Waals surface area contributed by atoms with Gasteiger partial charge in [0.2, 0.25) is 0 Å². The Morgan fingerprint density at radius 2 is 1.89 bits per heavy atom. The normalized spacial score (nSPS) is 13.0. The number of nitrogens with one attached hydrogen (secondary N) is 2. The zero-order valence-electron chi connectivity index (χ0n) is 15.4. The van der Waals surface area contributed by atoms with Gasteiger partial charge in [-0.1, -0.05) is 32.0 Å². The van der Waals surface area contributed by atoms with Gasteiger partial charge < -0.3 is 15.7 Å². The monoisotopic (exact) mass is 362 g/mol. The van der Waals surface area contributed by atoms with Crippen molar-refractivity contribution in [3.8, 4) is 11.4 Å². The predicted octanol–water partition coefficient (Wildman–Crippen LogP) is 3.56. The Morgan fingerprint density at radius 3 is 2.63 bits per heavy atom. The highest BCUT2D eigenvalue weighted by Gasteiger charge is 2.18. The summed E-state index contributed by atoms with van der Waals surface area (Å²) in [5.74, 6) is -0.145. The number of anilines is 1. The van der Waals surface area contributed by atoms with E-state index < -0.39 is 5.91 Å². The summed E-state index contributed by atoms with van der Waals surface area (Å²) >= 11 is 0. The van der Waals surface area contributed by atoms with Crippen LogP contribution in [0.3, 0.4) is 0 Å². The highest BCUT2D eigenvalue weighted by atomic mass is 16.3. The summed E-state index contributed by atoms with van der Waals surface area (Å²) in [5, 5.41) is 20.5. The Labute approximate surface area is 157 Å². The Bertz CT molecular complexity index is 990. The molecule has 0 saturated heterocycles. The fraction of sp³-hybridized carbons (Fsp3) is 0.238. The summed E-state index contributed by atoms with van der Waals surface area (Å²) < 4.78 is 1.51. The Morgan fingerprint density at radius 1 is 1.15 bits per heavy atom. The summed E-state index contributed by atoms with van der Waals surface area (Å²) in [6.07, 6.45) is 1.45. The van der Waals surface area contributed by atoms with Gasteiger partial charge in [-0.2, -0.15) is 5.10 Å². The number of aromatic hydroxyl groups is 1. The van der Waals surface area contributed by atoms with Gasteiger partial charge in [0.15, 0.2) is 11.4 Å². The molecule has 2 aromatic carbocycles. The lowest BCUT2D eigenvalue weighted by atomic mass is 10.0. The number of benzene rings is 2. The summed E-state index contributed by atoms with van der Waals surface area (Å²) in [4.78, 5) is 12.6. The topological polar surface area (TPSA) is 79.2 Å². The van der Waals surface area contributed by atoms with Crippen LogP contribution in [-0.4, -0.2) is 20.8 Å². The summed E-state index contributed by atoms with van der Waals surface area (Å²) in [6, 6.07) is 13.7. The average molecular weight is 362 g/mol. The van der Waals surface area contributed by atoms with Crippen LogP contribution in [0, 0.1) is 0 Å². The molecule has 0 bridgehead atoms. The first-order valence-corrected chi connectivity index (χ1v) is 9.04. The zero-order valence-corrected chi connectivity index (χ0v) is 15.4.